The summed E-state index contributed by atoms with van der Waals surface area (Å²) in [6.45, 7) is 3.83. The summed E-state index contributed by atoms with van der Waals surface area (Å²) in [6.07, 6.45) is 8.81. The van der Waals surface area contributed by atoms with Crippen LogP contribution in [0.1, 0.15) is 55.7 Å². The molecule has 160 valence electrons. The minimum Gasteiger partial charge on any atom is -0.427 e. The van der Waals surface area contributed by atoms with Gasteiger partial charge in [-0.15, -0.1) is 12.4 Å². The lowest BCUT2D eigenvalue weighted by molar-refractivity contribution is -0.131. The van der Waals surface area contributed by atoms with Crippen LogP contribution in [0.3, 0.4) is 0 Å². The fraction of sp³-hybridized carbons (Fsp3) is 0.500. The Morgan fingerprint density at radius 2 is 1.97 bits per heavy atom. The number of carbonyl (C=O) groups is 1. The molecule has 2 bridgehead atoms. The molecule has 5 rings (SSSR count). The summed E-state index contributed by atoms with van der Waals surface area (Å²) in [7, 11) is 0. The maximum absolute atomic E-state index is 11.5. The predicted molar refractivity (Wildman–Crippen MR) is 122 cm³/mol. The van der Waals surface area contributed by atoms with Crippen molar-refractivity contribution in [1.29, 1.82) is 0 Å². The lowest BCUT2D eigenvalue weighted by atomic mass is 9.52. The third kappa shape index (κ3) is 3.78. The van der Waals surface area contributed by atoms with Gasteiger partial charge in [-0.05, 0) is 73.4 Å². The topological polar surface area (TPSA) is 29.5 Å². The lowest BCUT2D eigenvalue weighted by Gasteiger charge is -2.59. The first-order valence-electron chi connectivity index (χ1n) is 11.3. The minimum atomic E-state index is -0.230. The Balaban J connectivity index is 0.00000218. The number of piperidine rings is 1. The maximum atomic E-state index is 11.5. The van der Waals surface area contributed by atoms with E-state index >= 15 is 0 Å². The van der Waals surface area contributed by atoms with E-state index in [1.807, 2.05) is 6.07 Å². The number of rotatable bonds is 4. The summed E-state index contributed by atoms with van der Waals surface area (Å²) >= 11 is 0. The molecule has 0 radical (unpaired) electrons. The molecule has 2 aromatic carbocycles. The van der Waals surface area contributed by atoms with Gasteiger partial charge in [-0.3, -0.25) is 9.69 Å². The van der Waals surface area contributed by atoms with Crippen LogP contribution in [-0.4, -0.2) is 30.0 Å². The Bertz CT molecular complexity index is 899. The van der Waals surface area contributed by atoms with Gasteiger partial charge < -0.3 is 4.74 Å². The lowest BCUT2D eigenvalue weighted by Crippen LogP contribution is -2.61. The second-order valence-electron chi connectivity index (χ2n) is 9.21. The van der Waals surface area contributed by atoms with Crippen molar-refractivity contribution in [2.24, 2.45) is 5.92 Å². The number of benzene rings is 2. The first kappa shape index (κ1) is 21.4. The molecule has 0 aromatic heterocycles. The smallest absolute Gasteiger partial charge is 0.308 e. The zero-order chi connectivity index (χ0) is 19.8. The number of hydrogen-bond acceptors (Lipinski definition) is 3. The van der Waals surface area contributed by atoms with Gasteiger partial charge in [0.15, 0.2) is 0 Å². The SMILES string of the molecule is CC(=O)Oc1ccc2c(c1)[C@@]13CCCC[C@H]1[C@@H](C2)N(CCc1ccccc1)CC3.Cl. The van der Waals surface area contributed by atoms with Gasteiger partial charge in [-0.2, -0.15) is 0 Å². The largest absolute Gasteiger partial charge is 0.427 e. The van der Waals surface area contributed by atoms with Crippen molar-refractivity contribution in [3.8, 4) is 5.75 Å². The quantitative estimate of drug-likeness (QED) is 0.489. The van der Waals surface area contributed by atoms with Crippen LogP contribution in [0, 0.1) is 5.92 Å². The Labute approximate surface area is 186 Å². The van der Waals surface area contributed by atoms with Crippen LogP contribution < -0.4 is 4.74 Å². The molecule has 1 heterocycles. The van der Waals surface area contributed by atoms with E-state index < -0.39 is 0 Å². The number of ether oxygens (including phenoxy) is 1. The molecule has 1 saturated heterocycles. The van der Waals surface area contributed by atoms with Gasteiger partial charge in [0, 0.05) is 24.9 Å². The van der Waals surface area contributed by atoms with Crippen molar-refractivity contribution in [1.82, 2.24) is 4.90 Å². The molecule has 3 nitrogen and oxygen atoms in total. The summed E-state index contributed by atoms with van der Waals surface area (Å²) in [6, 6.07) is 18.0. The molecule has 0 N–H and O–H groups in total. The van der Waals surface area contributed by atoms with Crippen LogP contribution >= 0.6 is 12.4 Å². The molecule has 3 aliphatic rings. The van der Waals surface area contributed by atoms with Crippen molar-refractivity contribution >= 4 is 18.4 Å². The molecular formula is C26H32ClNO2. The molecule has 1 saturated carbocycles. The van der Waals surface area contributed by atoms with E-state index in [1.54, 1.807) is 0 Å². The van der Waals surface area contributed by atoms with E-state index in [0.717, 1.165) is 31.1 Å². The normalized spacial score (nSPS) is 27.4. The molecule has 0 unspecified atom stereocenters. The van der Waals surface area contributed by atoms with Gasteiger partial charge in [0.2, 0.25) is 0 Å². The summed E-state index contributed by atoms with van der Waals surface area (Å²) in [4.78, 5) is 14.3. The maximum Gasteiger partial charge on any atom is 0.308 e. The summed E-state index contributed by atoms with van der Waals surface area (Å²) in [5, 5.41) is 0. The van der Waals surface area contributed by atoms with Crippen LogP contribution in [-0.2, 0) is 23.1 Å². The molecule has 2 aliphatic carbocycles. The number of hydrogen-bond donors (Lipinski definition) is 0. The predicted octanol–water partition coefficient (Wildman–Crippen LogP) is 5.33. The highest BCUT2D eigenvalue weighted by Crippen LogP contribution is 2.56. The molecule has 2 fully saturated rings. The van der Waals surface area contributed by atoms with Crippen molar-refractivity contribution in [3.63, 3.8) is 0 Å². The van der Waals surface area contributed by atoms with Gasteiger partial charge in [-0.1, -0.05) is 49.2 Å². The fourth-order valence-corrected chi connectivity index (χ4v) is 6.49. The molecule has 1 aliphatic heterocycles. The van der Waals surface area contributed by atoms with E-state index in [2.05, 4.69) is 47.4 Å². The number of fused-ring (bicyclic) bond motifs is 1. The van der Waals surface area contributed by atoms with Gasteiger partial charge in [0.05, 0.1) is 0 Å². The monoisotopic (exact) mass is 425 g/mol. The Morgan fingerprint density at radius 3 is 2.77 bits per heavy atom. The van der Waals surface area contributed by atoms with Crippen LogP contribution in [0.5, 0.6) is 5.75 Å². The van der Waals surface area contributed by atoms with Gasteiger partial charge in [-0.25, -0.2) is 0 Å². The highest BCUT2D eigenvalue weighted by atomic mass is 35.5. The highest BCUT2D eigenvalue weighted by Gasteiger charge is 2.53. The standard InChI is InChI=1S/C26H31NO2.ClH/c1-19(28)29-22-11-10-21-17-25-23-9-5-6-13-26(23,24(21)18-22)14-16-27(25)15-12-20-7-3-2-4-8-20;/h2-4,7-8,10-11,18,23,25H,5-6,9,12-17H2,1H3;1H/t23-,25+,26+;/m0./s1. The van der Waals surface area contributed by atoms with Gasteiger partial charge in [0.25, 0.3) is 0 Å². The Kier molecular flexibility index (Phi) is 6.22. The van der Waals surface area contributed by atoms with E-state index in [9.17, 15) is 4.79 Å². The van der Waals surface area contributed by atoms with E-state index in [1.165, 1.54) is 62.3 Å². The number of nitrogens with zero attached hydrogens (tertiary/aromatic N) is 1. The molecule has 3 atom stereocenters. The van der Waals surface area contributed by atoms with Crippen LogP contribution in [0.2, 0.25) is 0 Å². The van der Waals surface area contributed by atoms with Crippen molar-refractivity contribution < 1.29 is 9.53 Å². The Hall–Kier alpha value is -1.84. The van der Waals surface area contributed by atoms with Gasteiger partial charge >= 0.3 is 5.97 Å². The second-order valence-corrected chi connectivity index (χ2v) is 9.21. The van der Waals surface area contributed by atoms with Crippen LogP contribution in [0.25, 0.3) is 0 Å². The molecular weight excluding hydrogens is 394 g/mol. The summed E-state index contributed by atoms with van der Waals surface area (Å²) in [5.74, 6) is 1.23. The van der Waals surface area contributed by atoms with Crippen LogP contribution in [0.15, 0.2) is 48.5 Å². The highest BCUT2D eigenvalue weighted by molar-refractivity contribution is 5.85. The van der Waals surface area contributed by atoms with E-state index in [-0.39, 0.29) is 23.8 Å². The third-order valence-electron chi connectivity index (χ3n) is 7.72. The molecule has 0 spiro atoms. The summed E-state index contributed by atoms with van der Waals surface area (Å²) < 4.78 is 5.45. The van der Waals surface area contributed by atoms with Crippen LogP contribution in [0.4, 0.5) is 0 Å². The number of carbonyl (C=O) groups excluding carboxylic acids is 1. The molecule has 30 heavy (non-hydrogen) atoms. The van der Waals surface area contributed by atoms with Gasteiger partial charge in [0.1, 0.15) is 5.75 Å². The first-order chi connectivity index (χ1) is 14.2. The average molecular weight is 426 g/mol. The van der Waals surface area contributed by atoms with Crippen molar-refractivity contribution in [2.45, 2.75) is 63.3 Å². The molecule has 2 aromatic rings. The minimum absolute atomic E-state index is 0. The number of esters is 1. The molecule has 4 heteroatoms. The average Bonchev–Trinajstić information content (AvgIpc) is 2.74. The first-order valence-corrected chi connectivity index (χ1v) is 11.3. The van der Waals surface area contributed by atoms with E-state index in [0.29, 0.717) is 6.04 Å². The second kappa shape index (κ2) is 8.72. The van der Waals surface area contributed by atoms with Crippen molar-refractivity contribution in [3.05, 3.63) is 65.2 Å². The summed E-state index contributed by atoms with van der Waals surface area (Å²) in [5.41, 5.74) is 4.69. The fourth-order valence-electron chi connectivity index (χ4n) is 6.49. The zero-order valence-electron chi connectivity index (χ0n) is 17.8. The number of halogens is 1. The molecule has 0 amide bonds. The number of likely N-dealkylation sites (tertiary alicyclic amines) is 1. The van der Waals surface area contributed by atoms with Crippen molar-refractivity contribution in [2.75, 3.05) is 13.1 Å². The zero-order valence-corrected chi connectivity index (χ0v) is 18.6. The third-order valence-corrected chi connectivity index (χ3v) is 7.72. The Morgan fingerprint density at radius 1 is 1.13 bits per heavy atom. The van der Waals surface area contributed by atoms with E-state index in [4.69, 9.17) is 4.74 Å².